The van der Waals surface area contributed by atoms with Gasteiger partial charge in [0.25, 0.3) is 0 Å². The average Bonchev–Trinajstić information content (AvgIpc) is 2.66. The highest BCUT2D eigenvalue weighted by atomic mass is 14.1. The van der Waals surface area contributed by atoms with E-state index in [-0.39, 0.29) is 0 Å². The lowest BCUT2D eigenvalue weighted by Gasteiger charge is -2.16. The van der Waals surface area contributed by atoms with Crippen molar-refractivity contribution in [3.63, 3.8) is 0 Å². The second-order valence-electron chi connectivity index (χ2n) is 9.35. The molecule has 0 amide bonds. The molecule has 0 aromatic rings. The maximum atomic E-state index is 2.36. The molecule has 0 nitrogen and oxygen atoms in total. The van der Waals surface area contributed by atoms with Gasteiger partial charge in [-0.3, -0.25) is 0 Å². The van der Waals surface area contributed by atoms with Gasteiger partial charge in [-0.1, -0.05) is 163 Å². The van der Waals surface area contributed by atoms with Crippen molar-refractivity contribution >= 4 is 0 Å². The topological polar surface area (TPSA) is 0 Å². The van der Waals surface area contributed by atoms with Crippen LogP contribution >= 0.6 is 0 Å². The molecule has 0 heteroatoms. The fourth-order valence-corrected chi connectivity index (χ4v) is 4.80. The van der Waals surface area contributed by atoms with Crippen molar-refractivity contribution in [3.05, 3.63) is 0 Å². The van der Waals surface area contributed by atoms with Gasteiger partial charge in [0.15, 0.2) is 0 Å². The van der Waals surface area contributed by atoms with E-state index in [1.165, 1.54) is 135 Å². The van der Waals surface area contributed by atoms with Gasteiger partial charge in [-0.05, 0) is 11.8 Å². The fourth-order valence-electron chi connectivity index (χ4n) is 4.80. The first-order chi connectivity index (χ1) is 13.3. The second-order valence-corrected chi connectivity index (χ2v) is 9.35. The Labute approximate surface area is 174 Å². The minimum Gasteiger partial charge on any atom is -0.0654 e. The third-order valence-electron chi connectivity index (χ3n) is 6.55. The predicted octanol–water partition coefficient (Wildman–Crippen LogP) is 10.5. The molecule has 27 heavy (non-hydrogen) atoms. The van der Waals surface area contributed by atoms with Crippen LogP contribution < -0.4 is 0 Å². The molecule has 164 valence electrons. The summed E-state index contributed by atoms with van der Waals surface area (Å²) in [5, 5.41) is 0. The van der Waals surface area contributed by atoms with Gasteiger partial charge >= 0.3 is 0 Å². The summed E-state index contributed by atoms with van der Waals surface area (Å²) in [5.74, 6) is 2.06. The Kier molecular flexibility index (Phi) is 22.3. The molecule has 0 aliphatic rings. The molecular formula is C27H56. The molecule has 0 saturated carbocycles. The van der Waals surface area contributed by atoms with E-state index < -0.39 is 0 Å². The molecule has 0 rings (SSSR count). The molecule has 0 saturated heterocycles. The standard InChI is InChI=1S/C27H56/c1-5-9-16-22-26(20-7-3)24-18-14-12-11-13-15-19-25-27(21-8-4)23-17-10-6-2/h26-27H,5-25H2,1-4H3. The zero-order valence-electron chi connectivity index (χ0n) is 20.0. The number of hydrogen-bond donors (Lipinski definition) is 0. The van der Waals surface area contributed by atoms with Crippen molar-refractivity contribution in [2.75, 3.05) is 0 Å². The smallest absolute Gasteiger partial charge is 0.0414 e. The SMILES string of the molecule is CCCCCC(CCC)CCCCCCCCCC(CCC)CCCCC. The monoisotopic (exact) mass is 380 g/mol. The summed E-state index contributed by atoms with van der Waals surface area (Å²) in [6.45, 7) is 9.37. The lowest BCUT2D eigenvalue weighted by molar-refractivity contribution is 0.374. The van der Waals surface area contributed by atoms with Crippen LogP contribution in [0.25, 0.3) is 0 Å². The Morgan fingerprint density at radius 2 is 0.593 bits per heavy atom. The maximum absolute atomic E-state index is 2.36. The molecule has 0 aromatic carbocycles. The van der Waals surface area contributed by atoms with Gasteiger partial charge in [-0.2, -0.15) is 0 Å². The Balaban J connectivity index is 3.55. The number of rotatable bonds is 22. The van der Waals surface area contributed by atoms with E-state index in [9.17, 15) is 0 Å². The van der Waals surface area contributed by atoms with Crippen LogP contribution in [0.5, 0.6) is 0 Å². The van der Waals surface area contributed by atoms with Crippen LogP contribution in [0.1, 0.15) is 163 Å². The Hall–Kier alpha value is 0. The minimum atomic E-state index is 1.03. The molecule has 0 aliphatic carbocycles. The molecule has 0 spiro atoms. The summed E-state index contributed by atoms with van der Waals surface area (Å²) in [5.41, 5.74) is 0. The van der Waals surface area contributed by atoms with Crippen molar-refractivity contribution in [2.45, 2.75) is 163 Å². The van der Waals surface area contributed by atoms with Gasteiger partial charge in [-0.25, -0.2) is 0 Å². The molecule has 0 aliphatic heterocycles. The molecule has 2 atom stereocenters. The Morgan fingerprint density at radius 1 is 0.296 bits per heavy atom. The predicted molar refractivity (Wildman–Crippen MR) is 127 cm³/mol. The Morgan fingerprint density at radius 3 is 0.889 bits per heavy atom. The number of unbranched alkanes of at least 4 members (excludes halogenated alkanes) is 10. The molecule has 0 heterocycles. The summed E-state index contributed by atoms with van der Waals surface area (Å²) in [6, 6.07) is 0. The van der Waals surface area contributed by atoms with Crippen LogP contribution in [-0.2, 0) is 0 Å². The van der Waals surface area contributed by atoms with Crippen LogP contribution in [0.15, 0.2) is 0 Å². The van der Waals surface area contributed by atoms with E-state index in [0.717, 1.165) is 11.8 Å². The van der Waals surface area contributed by atoms with Gasteiger partial charge in [0.2, 0.25) is 0 Å². The van der Waals surface area contributed by atoms with Crippen LogP contribution in [0.4, 0.5) is 0 Å². The molecule has 0 radical (unpaired) electrons. The van der Waals surface area contributed by atoms with Gasteiger partial charge in [0.1, 0.15) is 0 Å². The first-order valence-electron chi connectivity index (χ1n) is 13.3. The van der Waals surface area contributed by atoms with Crippen molar-refractivity contribution < 1.29 is 0 Å². The van der Waals surface area contributed by atoms with Crippen molar-refractivity contribution in [1.29, 1.82) is 0 Å². The zero-order chi connectivity index (χ0) is 20.0. The van der Waals surface area contributed by atoms with Crippen molar-refractivity contribution in [3.8, 4) is 0 Å². The average molecular weight is 381 g/mol. The highest BCUT2D eigenvalue weighted by molar-refractivity contribution is 4.62. The normalized spacial score (nSPS) is 13.8. The Bertz CT molecular complexity index is 231. The molecule has 0 aromatic heterocycles. The molecule has 2 unspecified atom stereocenters. The van der Waals surface area contributed by atoms with Crippen LogP contribution in [0.2, 0.25) is 0 Å². The van der Waals surface area contributed by atoms with Gasteiger partial charge in [0, 0.05) is 0 Å². The van der Waals surface area contributed by atoms with Crippen LogP contribution in [0, 0.1) is 11.8 Å². The lowest BCUT2D eigenvalue weighted by Crippen LogP contribution is -2.01. The first-order valence-corrected chi connectivity index (χ1v) is 13.3. The molecule has 0 N–H and O–H groups in total. The third-order valence-corrected chi connectivity index (χ3v) is 6.55. The van der Waals surface area contributed by atoms with Gasteiger partial charge < -0.3 is 0 Å². The zero-order valence-corrected chi connectivity index (χ0v) is 20.0. The molecule has 0 bridgehead atoms. The van der Waals surface area contributed by atoms with E-state index >= 15 is 0 Å². The first kappa shape index (κ1) is 27.0. The van der Waals surface area contributed by atoms with Crippen molar-refractivity contribution in [2.24, 2.45) is 11.8 Å². The van der Waals surface area contributed by atoms with E-state index in [0.29, 0.717) is 0 Å². The molecule has 0 fully saturated rings. The third kappa shape index (κ3) is 19.1. The van der Waals surface area contributed by atoms with Crippen molar-refractivity contribution in [1.82, 2.24) is 0 Å². The molecular weight excluding hydrogens is 324 g/mol. The van der Waals surface area contributed by atoms with E-state index in [1.54, 1.807) is 0 Å². The highest BCUT2D eigenvalue weighted by Crippen LogP contribution is 2.24. The summed E-state index contributed by atoms with van der Waals surface area (Å²) in [4.78, 5) is 0. The van der Waals surface area contributed by atoms with E-state index in [2.05, 4.69) is 27.7 Å². The summed E-state index contributed by atoms with van der Waals surface area (Å²) >= 11 is 0. The van der Waals surface area contributed by atoms with Crippen LogP contribution in [-0.4, -0.2) is 0 Å². The fraction of sp³-hybridized carbons (Fsp3) is 1.00. The lowest BCUT2D eigenvalue weighted by atomic mass is 9.90. The second kappa shape index (κ2) is 22.3. The highest BCUT2D eigenvalue weighted by Gasteiger charge is 2.08. The van der Waals surface area contributed by atoms with E-state index in [4.69, 9.17) is 0 Å². The van der Waals surface area contributed by atoms with Gasteiger partial charge in [0.05, 0.1) is 0 Å². The maximum Gasteiger partial charge on any atom is -0.0414 e. The largest absolute Gasteiger partial charge is 0.0654 e. The summed E-state index contributed by atoms with van der Waals surface area (Å²) in [7, 11) is 0. The van der Waals surface area contributed by atoms with E-state index in [1.807, 2.05) is 0 Å². The number of hydrogen-bond acceptors (Lipinski definition) is 0. The van der Waals surface area contributed by atoms with Gasteiger partial charge in [-0.15, -0.1) is 0 Å². The minimum absolute atomic E-state index is 1.03. The summed E-state index contributed by atoms with van der Waals surface area (Å²) < 4.78 is 0. The summed E-state index contributed by atoms with van der Waals surface area (Å²) in [6.07, 6.45) is 30.7. The quantitative estimate of drug-likeness (QED) is 0.164. The van der Waals surface area contributed by atoms with Crippen LogP contribution in [0.3, 0.4) is 0 Å².